The smallest absolute Gasteiger partial charge is 0.416 e. The first-order valence-corrected chi connectivity index (χ1v) is 9.66. The number of Topliss-reactive ketones (excluding diaryl/α,β-unsaturated/α-hetero) is 2. The van der Waals surface area contributed by atoms with Crippen molar-refractivity contribution < 1.29 is 45.1 Å². The lowest BCUT2D eigenvalue weighted by Crippen LogP contribution is -2.43. The quantitative estimate of drug-likeness (QED) is 0.372. The van der Waals surface area contributed by atoms with E-state index in [1.165, 1.54) is 12.1 Å². The summed E-state index contributed by atoms with van der Waals surface area (Å²) in [5.74, 6) is -1.60. The molecule has 1 atom stereocenters. The van der Waals surface area contributed by atoms with Crippen LogP contribution in [0.2, 0.25) is 0 Å². The predicted molar refractivity (Wildman–Crippen MR) is 97.0 cm³/mol. The monoisotopic (exact) mass is 466 g/mol. The number of halogens is 7. The number of ether oxygens (including phenoxy) is 1. The SMILES string of the molecule is O=C(CCC(=O)c1ccc2c(c1)OC(F)(F)C(C(F)F)S2)c1ccc(C(F)(F)F)cc1. The highest BCUT2D eigenvalue weighted by molar-refractivity contribution is 8.00. The summed E-state index contributed by atoms with van der Waals surface area (Å²) >= 11 is 0.240. The molecule has 1 aliphatic heterocycles. The Morgan fingerprint density at radius 1 is 0.968 bits per heavy atom. The highest BCUT2D eigenvalue weighted by Gasteiger charge is 2.52. The van der Waals surface area contributed by atoms with Gasteiger partial charge in [0, 0.05) is 24.0 Å². The van der Waals surface area contributed by atoms with Gasteiger partial charge in [-0.25, -0.2) is 8.78 Å². The van der Waals surface area contributed by atoms with Crippen LogP contribution in [-0.4, -0.2) is 29.4 Å². The van der Waals surface area contributed by atoms with Gasteiger partial charge in [-0.05, 0) is 24.3 Å². The average Bonchev–Trinajstić information content (AvgIpc) is 2.69. The minimum Gasteiger partial charge on any atom is -0.430 e. The van der Waals surface area contributed by atoms with Gasteiger partial charge >= 0.3 is 12.3 Å². The van der Waals surface area contributed by atoms with Gasteiger partial charge in [-0.15, -0.1) is 11.8 Å². The van der Waals surface area contributed by atoms with Gasteiger partial charge < -0.3 is 4.74 Å². The molecule has 1 aliphatic rings. The lowest BCUT2D eigenvalue weighted by Gasteiger charge is -2.31. The molecule has 1 heterocycles. The molecule has 0 saturated heterocycles. The number of carbonyl (C=O) groups is 2. The number of hydrogen-bond acceptors (Lipinski definition) is 4. The largest absolute Gasteiger partial charge is 0.430 e. The van der Waals surface area contributed by atoms with Gasteiger partial charge in [-0.2, -0.15) is 22.0 Å². The lowest BCUT2D eigenvalue weighted by molar-refractivity contribution is -0.196. The fourth-order valence-corrected chi connectivity index (χ4v) is 3.75. The number of fused-ring (bicyclic) bond motifs is 1. The third kappa shape index (κ3) is 5.20. The molecule has 0 fully saturated rings. The predicted octanol–water partition coefficient (Wildman–Crippen LogP) is 6.26. The molecule has 0 aromatic heterocycles. The van der Waals surface area contributed by atoms with Gasteiger partial charge in [0.25, 0.3) is 6.43 Å². The number of hydrogen-bond donors (Lipinski definition) is 0. The molecule has 11 heteroatoms. The van der Waals surface area contributed by atoms with Crippen molar-refractivity contribution in [3.05, 3.63) is 59.2 Å². The Hall–Kier alpha value is -2.56. The van der Waals surface area contributed by atoms with Gasteiger partial charge in [-0.3, -0.25) is 9.59 Å². The Morgan fingerprint density at radius 3 is 2.06 bits per heavy atom. The van der Waals surface area contributed by atoms with E-state index < -0.39 is 46.8 Å². The highest BCUT2D eigenvalue weighted by atomic mass is 32.2. The average molecular weight is 466 g/mol. The fraction of sp³-hybridized carbons (Fsp3) is 0.300. The van der Waals surface area contributed by atoms with Gasteiger partial charge in [0.1, 0.15) is 5.75 Å². The standard InChI is InChI=1S/C20H13F7O3S/c21-18(22)17-20(26,27)30-15-9-11(3-8-16(15)31-17)14(29)7-6-13(28)10-1-4-12(5-2-10)19(23,24)25/h1-5,8-9,17-18H,6-7H2. The zero-order valence-electron chi connectivity index (χ0n) is 15.4. The minimum atomic E-state index is -4.55. The van der Waals surface area contributed by atoms with E-state index in [-0.39, 0.29) is 40.6 Å². The van der Waals surface area contributed by atoms with Crippen LogP contribution in [-0.2, 0) is 6.18 Å². The molecule has 2 aromatic carbocycles. The van der Waals surface area contributed by atoms with Gasteiger partial charge in [0.2, 0.25) is 0 Å². The third-order valence-corrected chi connectivity index (χ3v) is 5.76. The van der Waals surface area contributed by atoms with Crippen LogP contribution in [0, 0.1) is 0 Å². The van der Waals surface area contributed by atoms with Crippen molar-refractivity contribution in [2.75, 3.05) is 0 Å². The molecule has 31 heavy (non-hydrogen) atoms. The maximum atomic E-state index is 13.8. The molecule has 3 rings (SSSR count). The van der Waals surface area contributed by atoms with Crippen molar-refractivity contribution in [1.29, 1.82) is 0 Å². The van der Waals surface area contributed by atoms with Crippen molar-refractivity contribution in [2.24, 2.45) is 0 Å². The van der Waals surface area contributed by atoms with Crippen LogP contribution in [0.1, 0.15) is 39.1 Å². The second kappa shape index (κ2) is 8.52. The Bertz CT molecular complexity index is 987. The fourth-order valence-electron chi connectivity index (χ4n) is 2.83. The van der Waals surface area contributed by atoms with E-state index in [9.17, 15) is 40.3 Å². The lowest BCUT2D eigenvalue weighted by atomic mass is 10.0. The van der Waals surface area contributed by atoms with E-state index in [0.29, 0.717) is 0 Å². The summed E-state index contributed by atoms with van der Waals surface area (Å²) in [6.45, 7) is 0. The first-order chi connectivity index (χ1) is 14.4. The zero-order chi connectivity index (χ0) is 23.0. The summed E-state index contributed by atoms with van der Waals surface area (Å²) < 4.78 is 95.2. The number of ketones is 2. The number of carbonyl (C=O) groups excluding carboxylic acids is 2. The van der Waals surface area contributed by atoms with Crippen molar-refractivity contribution in [3.8, 4) is 5.75 Å². The Kier molecular flexibility index (Phi) is 6.35. The first-order valence-electron chi connectivity index (χ1n) is 8.78. The zero-order valence-corrected chi connectivity index (χ0v) is 16.2. The summed E-state index contributed by atoms with van der Waals surface area (Å²) in [7, 11) is 0. The van der Waals surface area contributed by atoms with Gasteiger partial charge in [0.15, 0.2) is 16.8 Å². The molecule has 1 unspecified atom stereocenters. The third-order valence-electron chi connectivity index (χ3n) is 4.44. The summed E-state index contributed by atoms with van der Waals surface area (Å²) in [6, 6.07) is 6.94. The molecule has 3 nitrogen and oxygen atoms in total. The number of rotatable bonds is 6. The molecule has 2 aromatic rings. The molecule has 0 saturated carbocycles. The van der Waals surface area contributed by atoms with Gasteiger partial charge in [0.05, 0.1) is 10.5 Å². The number of alkyl halides is 7. The normalized spacial score (nSPS) is 17.7. The van der Waals surface area contributed by atoms with E-state index in [2.05, 4.69) is 4.74 Å². The Labute approximate surface area is 175 Å². The summed E-state index contributed by atoms with van der Waals surface area (Å²) in [6.07, 6.45) is -12.7. The van der Waals surface area contributed by atoms with Crippen LogP contribution in [0.15, 0.2) is 47.4 Å². The van der Waals surface area contributed by atoms with Gasteiger partial charge in [-0.1, -0.05) is 18.2 Å². The van der Waals surface area contributed by atoms with Crippen LogP contribution in [0.3, 0.4) is 0 Å². The van der Waals surface area contributed by atoms with Crippen LogP contribution in [0.5, 0.6) is 5.75 Å². The van der Waals surface area contributed by atoms with E-state index in [4.69, 9.17) is 0 Å². The molecule has 0 aliphatic carbocycles. The molecule has 166 valence electrons. The summed E-state index contributed by atoms with van der Waals surface area (Å²) in [5, 5.41) is -2.39. The van der Waals surface area contributed by atoms with Crippen LogP contribution < -0.4 is 4.74 Å². The first kappa shape index (κ1) is 23.1. The molecule has 0 N–H and O–H groups in total. The van der Waals surface area contributed by atoms with Crippen LogP contribution in [0.25, 0.3) is 0 Å². The highest BCUT2D eigenvalue weighted by Crippen LogP contribution is 2.48. The maximum absolute atomic E-state index is 13.8. The molecule has 0 radical (unpaired) electrons. The Balaban J connectivity index is 1.66. The molecule has 0 spiro atoms. The maximum Gasteiger partial charge on any atom is 0.416 e. The second-order valence-electron chi connectivity index (χ2n) is 6.62. The van der Waals surface area contributed by atoms with E-state index in [0.717, 1.165) is 30.3 Å². The molecular formula is C20H13F7O3S. The minimum absolute atomic E-state index is 0.0105. The van der Waals surface area contributed by atoms with E-state index >= 15 is 0 Å². The Morgan fingerprint density at radius 2 is 1.52 bits per heavy atom. The van der Waals surface area contributed by atoms with Crippen molar-refractivity contribution in [2.45, 2.75) is 41.7 Å². The van der Waals surface area contributed by atoms with E-state index in [1.54, 1.807) is 0 Å². The number of benzene rings is 2. The molecule has 0 amide bonds. The topological polar surface area (TPSA) is 43.4 Å². The van der Waals surface area contributed by atoms with E-state index in [1.807, 2.05) is 0 Å². The molecular weight excluding hydrogens is 453 g/mol. The summed E-state index contributed by atoms with van der Waals surface area (Å²) in [5.41, 5.74) is -0.993. The van der Waals surface area contributed by atoms with Crippen LogP contribution in [0.4, 0.5) is 30.7 Å². The van der Waals surface area contributed by atoms with Crippen LogP contribution >= 0.6 is 11.8 Å². The number of thioether (sulfide) groups is 1. The summed E-state index contributed by atoms with van der Waals surface area (Å²) in [4.78, 5) is 24.5. The van der Waals surface area contributed by atoms with Crippen molar-refractivity contribution >= 4 is 23.3 Å². The second-order valence-corrected chi connectivity index (χ2v) is 7.80. The van der Waals surface area contributed by atoms with Crippen molar-refractivity contribution in [1.82, 2.24) is 0 Å². The van der Waals surface area contributed by atoms with Crippen molar-refractivity contribution in [3.63, 3.8) is 0 Å². The molecule has 0 bridgehead atoms.